The first-order valence-corrected chi connectivity index (χ1v) is 7.64. The van der Waals surface area contributed by atoms with Gasteiger partial charge in [0, 0.05) is 6.07 Å². The summed E-state index contributed by atoms with van der Waals surface area (Å²) in [5.74, 6) is -0.737. The summed E-state index contributed by atoms with van der Waals surface area (Å²) in [6.07, 6.45) is 2.62. The molecule has 106 valence electrons. The van der Waals surface area contributed by atoms with Crippen LogP contribution in [0.4, 0.5) is 8.78 Å². The fourth-order valence-corrected chi connectivity index (χ4v) is 2.79. The lowest BCUT2D eigenvalue weighted by atomic mass is 9.86. The fourth-order valence-electron chi connectivity index (χ4n) is 2.44. The van der Waals surface area contributed by atoms with Crippen molar-refractivity contribution < 1.29 is 13.0 Å². The third-order valence-electron chi connectivity index (χ3n) is 3.81. The Balaban J connectivity index is 2.28. The van der Waals surface area contributed by atoms with Gasteiger partial charge in [-0.15, -0.1) is 0 Å². The molecular weight excluding hydrogens is 268 g/mol. The topological polar surface area (TPSA) is 43.1 Å². The number of nitrogens with two attached hydrogens (primary N) is 1. The van der Waals surface area contributed by atoms with E-state index in [0.717, 1.165) is 18.9 Å². The molecule has 1 aromatic carbocycles. The van der Waals surface area contributed by atoms with Gasteiger partial charge in [0.25, 0.3) is 0 Å². The van der Waals surface area contributed by atoms with Crippen molar-refractivity contribution in [3.63, 3.8) is 0 Å². The molecule has 0 spiro atoms. The highest BCUT2D eigenvalue weighted by Gasteiger charge is 2.39. The van der Waals surface area contributed by atoms with Crippen LogP contribution in [0.25, 0.3) is 0 Å². The second-order valence-corrected chi connectivity index (χ2v) is 7.57. The summed E-state index contributed by atoms with van der Waals surface area (Å²) in [5.41, 5.74) is 0.516. The van der Waals surface area contributed by atoms with Gasteiger partial charge < -0.3 is 0 Å². The Morgan fingerprint density at radius 2 is 2.05 bits per heavy atom. The van der Waals surface area contributed by atoms with E-state index in [2.05, 4.69) is 0 Å². The van der Waals surface area contributed by atoms with E-state index in [4.69, 9.17) is 5.14 Å². The number of hydrogen-bond acceptors (Lipinski definition) is 1. The molecule has 1 aliphatic rings. The highest BCUT2D eigenvalue weighted by molar-refractivity contribution is 7.84. The van der Waals surface area contributed by atoms with Gasteiger partial charge in [-0.2, -0.15) is 0 Å². The lowest BCUT2D eigenvalue weighted by molar-refractivity contribution is 0.457. The summed E-state index contributed by atoms with van der Waals surface area (Å²) in [4.78, 5) is 0. The standard InChI is InChI=1S/C14H19F2NOS/c1-14(2,19(17)18)8-12(9-3-4-9)11-6-5-10(15)7-13(11)16/h5-7,9,12H,3-4,8,17H2,1-2H3/t12-,19?/m0/s1. The van der Waals surface area contributed by atoms with E-state index in [9.17, 15) is 13.0 Å². The molecule has 2 nitrogen and oxygen atoms in total. The molecule has 1 fully saturated rings. The number of benzene rings is 1. The van der Waals surface area contributed by atoms with E-state index in [-0.39, 0.29) is 5.92 Å². The quantitative estimate of drug-likeness (QED) is 0.887. The monoisotopic (exact) mass is 287 g/mol. The maximum absolute atomic E-state index is 13.9. The molecule has 1 saturated carbocycles. The molecule has 0 saturated heterocycles. The van der Waals surface area contributed by atoms with Crippen LogP contribution in [0.2, 0.25) is 0 Å². The van der Waals surface area contributed by atoms with E-state index in [1.165, 1.54) is 12.1 Å². The minimum atomic E-state index is -1.47. The zero-order valence-electron chi connectivity index (χ0n) is 11.2. The zero-order chi connectivity index (χ0) is 14.2. The maximum Gasteiger partial charge on any atom is 0.129 e. The van der Waals surface area contributed by atoms with Gasteiger partial charge in [0.05, 0.1) is 15.7 Å². The smallest absolute Gasteiger partial charge is 0.129 e. The van der Waals surface area contributed by atoms with Crippen LogP contribution < -0.4 is 5.14 Å². The van der Waals surface area contributed by atoms with Gasteiger partial charge in [-0.1, -0.05) is 6.07 Å². The summed E-state index contributed by atoms with van der Waals surface area (Å²) < 4.78 is 37.9. The molecule has 1 aromatic rings. The van der Waals surface area contributed by atoms with Crippen LogP contribution in [0.1, 0.15) is 44.6 Å². The van der Waals surface area contributed by atoms with Crippen LogP contribution in [0.15, 0.2) is 18.2 Å². The van der Waals surface area contributed by atoms with Crippen LogP contribution in [0.5, 0.6) is 0 Å². The lowest BCUT2D eigenvalue weighted by Crippen LogP contribution is -2.34. The minimum absolute atomic E-state index is 0.0388. The van der Waals surface area contributed by atoms with Gasteiger partial charge in [-0.05, 0) is 56.6 Å². The summed E-state index contributed by atoms with van der Waals surface area (Å²) in [5, 5.41) is 5.50. The van der Waals surface area contributed by atoms with Gasteiger partial charge in [0.2, 0.25) is 0 Å². The highest BCUT2D eigenvalue weighted by atomic mass is 32.2. The number of rotatable bonds is 5. The molecule has 0 aliphatic heterocycles. The number of hydrogen-bond donors (Lipinski definition) is 1. The van der Waals surface area contributed by atoms with E-state index in [1.54, 1.807) is 0 Å². The van der Waals surface area contributed by atoms with E-state index >= 15 is 0 Å². The second kappa shape index (κ2) is 5.29. The molecule has 19 heavy (non-hydrogen) atoms. The van der Waals surface area contributed by atoms with Crippen molar-refractivity contribution >= 4 is 11.0 Å². The first-order valence-electron chi connectivity index (χ1n) is 6.42. The van der Waals surface area contributed by atoms with E-state index < -0.39 is 27.4 Å². The summed E-state index contributed by atoms with van der Waals surface area (Å²) in [6.45, 7) is 3.64. The van der Waals surface area contributed by atoms with Crippen molar-refractivity contribution in [3.8, 4) is 0 Å². The van der Waals surface area contributed by atoms with Gasteiger partial charge in [-0.3, -0.25) is 5.14 Å². The number of halogens is 2. The molecule has 1 unspecified atom stereocenters. The molecule has 0 amide bonds. The molecule has 2 atom stereocenters. The Hall–Kier alpha value is -0.810. The molecule has 0 radical (unpaired) electrons. The van der Waals surface area contributed by atoms with E-state index in [0.29, 0.717) is 17.9 Å². The van der Waals surface area contributed by atoms with Gasteiger partial charge >= 0.3 is 0 Å². The first kappa shape index (κ1) is 14.6. The first-order chi connectivity index (χ1) is 8.81. The Kier molecular flexibility index (Phi) is 4.06. The summed E-state index contributed by atoms with van der Waals surface area (Å²) >= 11 is 0. The summed E-state index contributed by atoms with van der Waals surface area (Å²) in [6, 6.07) is 3.69. The van der Waals surface area contributed by atoms with Gasteiger partial charge in [0.15, 0.2) is 0 Å². The van der Waals surface area contributed by atoms with Crippen LogP contribution in [-0.2, 0) is 11.0 Å². The zero-order valence-corrected chi connectivity index (χ0v) is 12.0. The lowest BCUT2D eigenvalue weighted by Gasteiger charge is -2.28. The van der Waals surface area contributed by atoms with Crippen molar-refractivity contribution in [2.45, 2.75) is 43.8 Å². The molecule has 2 rings (SSSR count). The Morgan fingerprint density at radius 3 is 2.53 bits per heavy atom. The molecule has 1 aliphatic carbocycles. The van der Waals surface area contributed by atoms with Crippen LogP contribution >= 0.6 is 0 Å². The van der Waals surface area contributed by atoms with Crippen molar-refractivity contribution in [2.24, 2.45) is 11.1 Å². The average Bonchev–Trinajstić information content (AvgIpc) is 3.10. The van der Waals surface area contributed by atoms with Crippen molar-refractivity contribution in [1.29, 1.82) is 0 Å². The predicted octanol–water partition coefficient (Wildman–Crippen LogP) is 3.25. The Morgan fingerprint density at radius 1 is 1.42 bits per heavy atom. The third-order valence-corrected chi connectivity index (χ3v) is 5.07. The normalized spacial score (nSPS) is 19.2. The maximum atomic E-state index is 13.9. The fraction of sp³-hybridized carbons (Fsp3) is 0.571. The molecule has 0 bridgehead atoms. The Labute approximate surface area is 115 Å². The van der Waals surface area contributed by atoms with Crippen molar-refractivity contribution in [2.75, 3.05) is 0 Å². The largest absolute Gasteiger partial charge is 0.251 e. The minimum Gasteiger partial charge on any atom is -0.251 e. The highest BCUT2D eigenvalue weighted by Crippen LogP contribution is 2.47. The molecule has 5 heteroatoms. The van der Waals surface area contributed by atoms with Gasteiger partial charge in [0.1, 0.15) is 11.6 Å². The Bertz CT molecular complexity index is 500. The van der Waals surface area contributed by atoms with Gasteiger partial charge in [-0.25, -0.2) is 13.0 Å². The van der Waals surface area contributed by atoms with E-state index in [1.807, 2.05) is 13.8 Å². The second-order valence-electron chi connectivity index (χ2n) is 5.87. The van der Waals surface area contributed by atoms with Crippen molar-refractivity contribution in [3.05, 3.63) is 35.4 Å². The van der Waals surface area contributed by atoms with Crippen LogP contribution in [0, 0.1) is 17.6 Å². The average molecular weight is 287 g/mol. The molecule has 2 N–H and O–H groups in total. The SMILES string of the molecule is CC(C)(C[C@H](c1ccc(F)cc1F)C1CC1)S(N)=O. The van der Waals surface area contributed by atoms with Crippen LogP contribution in [-0.4, -0.2) is 8.96 Å². The third kappa shape index (κ3) is 3.39. The molecule has 0 heterocycles. The summed E-state index contributed by atoms with van der Waals surface area (Å²) in [7, 11) is -1.47. The van der Waals surface area contributed by atoms with Crippen molar-refractivity contribution in [1.82, 2.24) is 0 Å². The molecule has 0 aromatic heterocycles. The molecular formula is C14H19F2NOS. The van der Waals surface area contributed by atoms with Crippen LogP contribution in [0.3, 0.4) is 0 Å². The predicted molar refractivity (Wildman–Crippen MR) is 72.8 cm³/mol.